The molecule has 0 aliphatic rings. The Morgan fingerprint density at radius 3 is 2.47 bits per heavy atom. The zero-order valence-electron chi connectivity index (χ0n) is 9.01. The standard InChI is InChI=1S/C10H7Cl2N.C2H6/c1-6-2-3-13-10-8(6)4-7(11)5-9(10)12;1-2/h2-5H,1H3;1-2H3. The fraction of sp³-hybridized carbons (Fsp3) is 0.250. The molecular weight excluding hydrogens is 229 g/mol. The number of rotatable bonds is 0. The number of fused-ring (bicyclic) bond motifs is 1. The molecule has 1 heterocycles. The van der Waals surface area contributed by atoms with E-state index in [4.69, 9.17) is 23.2 Å². The molecule has 2 rings (SSSR count). The minimum atomic E-state index is 0.603. The van der Waals surface area contributed by atoms with Gasteiger partial charge in [-0.1, -0.05) is 37.0 Å². The number of halogens is 2. The Bertz CT molecular complexity index is 466. The summed E-state index contributed by atoms with van der Waals surface area (Å²) >= 11 is 11.9. The van der Waals surface area contributed by atoms with E-state index in [0.717, 1.165) is 16.5 Å². The van der Waals surface area contributed by atoms with Gasteiger partial charge < -0.3 is 0 Å². The molecule has 1 aromatic heterocycles. The largest absolute Gasteiger partial charge is 0.255 e. The van der Waals surface area contributed by atoms with Crippen molar-refractivity contribution in [2.45, 2.75) is 20.8 Å². The molecule has 0 saturated heterocycles. The summed E-state index contributed by atoms with van der Waals surface area (Å²) in [7, 11) is 0. The molecule has 2 aromatic rings. The Morgan fingerprint density at radius 1 is 1.13 bits per heavy atom. The molecule has 0 unspecified atom stereocenters. The van der Waals surface area contributed by atoms with Crippen molar-refractivity contribution in [1.29, 1.82) is 0 Å². The summed E-state index contributed by atoms with van der Waals surface area (Å²) in [6, 6.07) is 5.53. The van der Waals surface area contributed by atoms with Gasteiger partial charge in [0.2, 0.25) is 0 Å². The molecular formula is C12H13Cl2N. The highest BCUT2D eigenvalue weighted by Crippen LogP contribution is 2.27. The lowest BCUT2D eigenvalue weighted by atomic mass is 10.1. The van der Waals surface area contributed by atoms with Crippen LogP contribution in [0.1, 0.15) is 19.4 Å². The molecule has 15 heavy (non-hydrogen) atoms. The van der Waals surface area contributed by atoms with Crippen LogP contribution in [0.15, 0.2) is 24.4 Å². The third-order valence-electron chi connectivity index (χ3n) is 1.98. The summed E-state index contributed by atoms with van der Waals surface area (Å²) in [6.07, 6.45) is 1.75. The van der Waals surface area contributed by atoms with E-state index in [2.05, 4.69) is 4.98 Å². The SMILES string of the molecule is CC.Cc1ccnc2c(Cl)cc(Cl)cc12. The van der Waals surface area contributed by atoms with E-state index < -0.39 is 0 Å². The van der Waals surface area contributed by atoms with Crippen LogP contribution < -0.4 is 0 Å². The van der Waals surface area contributed by atoms with E-state index in [9.17, 15) is 0 Å². The molecule has 0 amide bonds. The summed E-state index contributed by atoms with van der Waals surface area (Å²) in [4.78, 5) is 4.19. The number of nitrogens with zero attached hydrogens (tertiary/aromatic N) is 1. The van der Waals surface area contributed by atoms with Gasteiger partial charge in [0.1, 0.15) is 0 Å². The summed E-state index contributed by atoms with van der Waals surface area (Å²) in [5.41, 5.74) is 1.94. The first kappa shape index (κ1) is 12.3. The summed E-state index contributed by atoms with van der Waals surface area (Å²) in [6.45, 7) is 6.01. The van der Waals surface area contributed by atoms with E-state index in [1.807, 2.05) is 32.9 Å². The first-order valence-corrected chi connectivity index (χ1v) is 5.64. The lowest BCUT2D eigenvalue weighted by molar-refractivity contribution is 1.37. The van der Waals surface area contributed by atoms with Gasteiger partial charge in [0.15, 0.2) is 0 Å². The van der Waals surface area contributed by atoms with Crippen LogP contribution in [-0.2, 0) is 0 Å². The maximum Gasteiger partial charge on any atom is 0.0891 e. The van der Waals surface area contributed by atoms with E-state index >= 15 is 0 Å². The molecule has 80 valence electrons. The van der Waals surface area contributed by atoms with Crippen molar-refractivity contribution in [2.24, 2.45) is 0 Å². The molecule has 0 saturated carbocycles. The summed E-state index contributed by atoms with van der Waals surface area (Å²) in [5, 5.41) is 2.26. The highest BCUT2D eigenvalue weighted by Gasteiger charge is 2.03. The lowest BCUT2D eigenvalue weighted by Crippen LogP contribution is -1.83. The predicted molar refractivity (Wildman–Crippen MR) is 67.8 cm³/mol. The monoisotopic (exact) mass is 241 g/mol. The smallest absolute Gasteiger partial charge is 0.0891 e. The van der Waals surface area contributed by atoms with Gasteiger partial charge in [0.05, 0.1) is 10.5 Å². The van der Waals surface area contributed by atoms with Crippen molar-refractivity contribution in [1.82, 2.24) is 4.98 Å². The maximum absolute atomic E-state index is 5.99. The van der Waals surface area contributed by atoms with Gasteiger partial charge in [-0.2, -0.15) is 0 Å². The van der Waals surface area contributed by atoms with Gasteiger partial charge in [0, 0.05) is 16.6 Å². The molecule has 3 heteroatoms. The molecule has 1 nitrogen and oxygen atoms in total. The zero-order chi connectivity index (χ0) is 11.4. The lowest BCUT2D eigenvalue weighted by Gasteiger charge is -2.02. The molecule has 1 aromatic carbocycles. The third-order valence-corrected chi connectivity index (χ3v) is 2.49. The number of aryl methyl sites for hydroxylation is 1. The van der Waals surface area contributed by atoms with Crippen molar-refractivity contribution in [3.05, 3.63) is 40.0 Å². The predicted octanol–water partition coefficient (Wildman–Crippen LogP) is 4.88. The van der Waals surface area contributed by atoms with Gasteiger partial charge in [-0.25, -0.2) is 0 Å². The van der Waals surface area contributed by atoms with Crippen LogP contribution in [0.25, 0.3) is 10.9 Å². The van der Waals surface area contributed by atoms with E-state index in [-0.39, 0.29) is 0 Å². The molecule has 0 aliphatic carbocycles. The van der Waals surface area contributed by atoms with Crippen molar-refractivity contribution in [3.8, 4) is 0 Å². The van der Waals surface area contributed by atoms with Crippen molar-refractivity contribution >= 4 is 34.1 Å². The highest BCUT2D eigenvalue weighted by atomic mass is 35.5. The van der Waals surface area contributed by atoms with E-state index in [1.165, 1.54) is 0 Å². The average molecular weight is 242 g/mol. The third kappa shape index (κ3) is 2.61. The van der Waals surface area contributed by atoms with Crippen molar-refractivity contribution < 1.29 is 0 Å². The molecule has 0 spiro atoms. The van der Waals surface area contributed by atoms with Crippen LogP contribution in [0, 0.1) is 6.92 Å². The number of aromatic nitrogens is 1. The Hall–Kier alpha value is -0.790. The number of hydrogen-bond acceptors (Lipinski definition) is 1. The van der Waals surface area contributed by atoms with Gasteiger partial charge in [-0.05, 0) is 30.7 Å². The second kappa shape index (κ2) is 5.34. The topological polar surface area (TPSA) is 12.9 Å². The first-order chi connectivity index (χ1) is 7.18. The van der Waals surface area contributed by atoms with Crippen LogP contribution in [-0.4, -0.2) is 4.98 Å². The summed E-state index contributed by atoms with van der Waals surface area (Å²) in [5.74, 6) is 0. The summed E-state index contributed by atoms with van der Waals surface area (Å²) < 4.78 is 0. The van der Waals surface area contributed by atoms with Crippen LogP contribution in [0.2, 0.25) is 10.0 Å². The minimum absolute atomic E-state index is 0.603. The van der Waals surface area contributed by atoms with E-state index in [0.29, 0.717) is 10.0 Å². The van der Waals surface area contributed by atoms with Crippen LogP contribution in [0.4, 0.5) is 0 Å². The second-order valence-electron chi connectivity index (χ2n) is 2.91. The molecule has 0 fully saturated rings. The highest BCUT2D eigenvalue weighted by molar-refractivity contribution is 6.38. The quantitative estimate of drug-likeness (QED) is 0.641. The molecule has 0 atom stereocenters. The average Bonchev–Trinajstić information content (AvgIpc) is 2.23. The number of benzene rings is 1. The Kier molecular flexibility index (Phi) is 4.37. The zero-order valence-corrected chi connectivity index (χ0v) is 10.5. The molecule has 0 N–H and O–H groups in total. The van der Waals surface area contributed by atoms with Crippen LogP contribution >= 0.6 is 23.2 Å². The van der Waals surface area contributed by atoms with Gasteiger partial charge in [-0.3, -0.25) is 4.98 Å². The number of pyridine rings is 1. The van der Waals surface area contributed by atoms with Crippen molar-refractivity contribution in [3.63, 3.8) is 0 Å². The maximum atomic E-state index is 5.99. The first-order valence-electron chi connectivity index (χ1n) is 4.89. The number of hydrogen-bond donors (Lipinski definition) is 0. The fourth-order valence-electron chi connectivity index (χ4n) is 1.31. The normalized spacial score (nSPS) is 9.67. The minimum Gasteiger partial charge on any atom is -0.255 e. The van der Waals surface area contributed by atoms with Gasteiger partial charge in [0.25, 0.3) is 0 Å². The Balaban J connectivity index is 0.000000531. The Labute approximate surface area is 100 Å². The van der Waals surface area contributed by atoms with Crippen LogP contribution in [0.3, 0.4) is 0 Å². The Morgan fingerprint density at radius 2 is 1.80 bits per heavy atom. The van der Waals surface area contributed by atoms with Gasteiger partial charge in [-0.15, -0.1) is 0 Å². The van der Waals surface area contributed by atoms with Crippen molar-refractivity contribution in [2.75, 3.05) is 0 Å². The molecule has 0 bridgehead atoms. The van der Waals surface area contributed by atoms with E-state index in [1.54, 1.807) is 12.3 Å². The van der Waals surface area contributed by atoms with Gasteiger partial charge >= 0.3 is 0 Å². The molecule has 0 radical (unpaired) electrons. The fourth-order valence-corrected chi connectivity index (χ4v) is 1.85. The molecule has 0 aliphatic heterocycles. The second-order valence-corrected chi connectivity index (χ2v) is 3.76. The van der Waals surface area contributed by atoms with Crippen LogP contribution in [0.5, 0.6) is 0 Å².